The summed E-state index contributed by atoms with van der Waals surface area (Å²) in [5.74, 6) is 0.457. The Morgan fingerprint density at radius 2 is 2.27 bits per heavy atom. The van der Waals surface area contributed by atoms with Crippen molar-refractivity contribution in [3.8, 4) is 0 Å². The Bertz CT molecular complexity index is 451. The van der Waals surface area contributed by atoms with Crippen LogP contribution in [0.4, 0.5) is 0 Å². The summed E-state index contributed by atoms with van der Waals surface area (Å²) in [5.41, 5.74) is 3.16. The summed E-state index contributed by atoms with van der Waals surface area (Å²) < 4.78 is 2.02. The number of alkyl halides is 1. The molecule has 2 aromatic rings. The minimum atomic E-state index is 0.457. The first-order valence-corrected chi connectivity index (χ1v) is 5.30. The third-order valence-electron chi connectivity index (χ3n) is 2.29. The second-order valence-corrected chi connectivity index (χ2v) is 3.69. The van der Waals surface area contributed by atoms with Gasteiger partial charge < -0.3 is 4.57 Å². The maximum absolute atomic E-state index is 5.69. The van der Waals surface area contributed by atoms with Crippen molar-refractivity contribution in [1.29, 1.82) is 0 Å². The van der Waals surface area contributed by atoms with E-state index >= 15 is 0 Å². The Morgan fingerprint density at radius 3 is 2.93 bits per heavy atom. The van der Waals surface area contributed by atoms with Gasteiger partial charge in [-0.15, -0.1) is 11.6 Å². The van der Waals surface area contributed by atoms with E-state index in [4.69, 9.17) is 11.6 Å². The van der Waals surface area contributed by atoms with Crippen molar-refractivity contribution in [1.82, 2.24) is 14.5 Å². The molecule has 0 aliphatic carbocycles. The molecule has 2 aromatic heterocycles. The number of hydrogen-bond acceptors (Lipinski definition) is 2. The molecule has 0 saturated carbocycles. The smallest absolute Gasteiger partial charge is 0.0953 e. The number of rotatable bonds is 3. The van der Waals surface area contributed by atoms with Crippen molar-refractivity contribution in [3.05, 3.63) is 47.8 Å². The lowest BCUT2D eigenvalue weighted by atomic mass is 10.2. The Morgan fingerprint density at radius 1 is 1.40 bits per heavy atom. The highest BCUT2D eigenvalue weighted by Gasteiger charge is 2.01. The van der Waals surface area contributed by atoms with Gasteiger partial charge in [0.25, 0.3) is 0 Å². The number of aromatic nitrogens is 3. The predicted molar refractivity (Wildman–Crippen MR) is 59.9 cm³/mol. The first-order chi connectivity index (χ1) is 7.29. The van der Waals surface area contributed by atoms with Crippen molar-refractivity contribution in [2.75, 3.05) is 0 Å². The lowest BCUT2D eigenvalue weighted by Crippen LogP contribution is -1.99. The van der Waals surface area contributed by atoms with Gasteiger partial charge in [-0.1, -0.05) is 6.07 Å². The molecule has 2 rings (SSSR count). The number of imidazole rings is 1. The van der Waals surface area contributed by atoms with E-state index in [0.717, 1.165) is 17.9 Å². The van der Waals surface area contributed by atoms with E-state index in [-0.39, 0.29) is 0 Å². The SMILES string of the molecule is Cc1ncccc1Cn1cnc(CCl)c1. The van der Waals surface area contributed by atoms with Gasteiger partial charge in [0, 0.05) is 18.1 Å². The fourth-order valence-electron chi connectivity index (χ4n) is 1.44. The van der Waals surface area contributed by atoms with Crippen molar-refractivity contribution < 1.29 is 0 Å². The lowest BCUT2D eigenvalue weighted by molar-refractivity contribution is 0.785. The molecule has 0 aliphatic rings. The summed E-state index contributed by atoms with van der Waals surface area (Å²) in [7, 11) is 0. The van der Waals surface area contributed by atoms with Gasteiger partial charge in [-0.05, 0) is 18.6 Å². The summed E-state index contributed by atoms with van der Waals surface area (Å²) in [5, 5.41) is 0. The van der Waals surface area contributed by atoms with Gasteiger partial charge in [0.05, 0.1) is 24.4 Å². The van der Waals surface area contributed by atoms with Crippen molar-refractivity contribution in [2.45, 2.75) is 19.3 Å². The summed E-state index contributed by atoms with van der Waals surface area (Å²) in [4.78, 5) is 8.41. The second kappa shape index (κ2) is 4.45. The summed E-state index contributed by atoms with van der Waals surface area (Å²) in [6.45, 7) is 2.80. The largest absolute Gasteiger partial charge is 0.333 e. The molecule has 4 heteroatoms. The molecular formula is C11H12ClN3. The van der Waals surface area contributed by atoms with Crippen LogP contribution in [-0.4, -0.2) is 14.5 Å². The van der Waals surface area contributed by atoms with E-state index in [1.54, 1.807) is 12.5 Å². The molecule has 3 nitrogen and oxygen atoms in total. The van der Waals surface area contributed by atoms with Crippen LogP contribution in [0.5, 0.6) is 0 Å². The second-order valence-electron chi connectivity index (χ2n) is 3.42. The highest BCUT2D eigenvalue weighted by Crippen LogP contribution is 2.07. The fourth-order valence-corrected chi connectivity index (χ4v) is 1.58. The van der Waals surface area contributed by atoms with Crippen LogP contribution >= 0.6 is 11.6 Å². The third kappa shape index (κ3) is 2.36. The number of pyridine rings is 1. The average Bonchev–Trinajstić information content (AvgIpc) is 2.69. The van der Waals surface area contributed by atoms with Gasteiger partial charge in [-0.2, -0.15) is 0 Å². The van der Waals surface area contributed by atoms with E-state index in [1.165, 1.54) is 5.56 Å². The average molecular weight is 222 g/mol. The molecular weight excluding hydrogens is 210 g/mol. The monoisotopic (exact) mass is 221 g/mol. The van der Waals surface area contributed by atoms with E-state index in [2.05, 4.69) is 16.0 Å². The molecule has 0 fully saturated rings. The number of halogens is 1. The minimum absolute atomic E-state index is 0.457. The van der Waals surface area contributed by atoms with E-state index in [1.807, 2.05) is 23.8 Å². The van der Waals surface area contributed by atoms with Crippen LogP contribution < -0.4 is 0 Å². The zero-order valence-corrected chi connectivity index (χ0v) is 9.28. The van der Waals surface area contributed by atoms with Gasteiger partial charge in [-0.25, -0.2) is 4.98 Å². The third-order valence-corrected chi connectivity index (χ3v) is 2.57. The quantitative estimate of drug-likeness (QED) is 0.746. The molecule has 0 aromatic carbocycles. The van der Waals surface area contributed by atoms with Crippen LogP contribution in [0.2, 0.25) is 0 Å². The van der Waals surface area contributed by atoms with E-state index in [9.17, 15) is 0 Å². The molecule has 0 spiro atoms. The maximum Gasteiger partial charge on any atom is 0.0953 e. The Hall–Kier alpha value is -1.35. The highest BCUT2D eigenvalue weighted by molar-refractivity contribution is 6.16. The van der Waals surface area contributed by atoms with Crippen molar-refractivity contribution in [2.24, 2.45) is 0 Å². The summed E-state index contributed by atoms with van der Waals surface area (Å²) in [6, 6.07) is 4.02. The Balaban J connectivity index is 2.18. The van der Waals surface area contributed by atoms with E-state index in [0.29, 0.717) is 5.88 Å². The first-order valence-electron chi connectivity index (χ1n) is 4.76. The molecule has 15 heavy (non-hydrogen) atoms. The minimum Gasteiger partial charge on any atom is -0.333 e. The predicted octanol–water partition coefficient (Wildman–Crippen LogP) is 2.37. The normalized spacial score (nSPS) is 10.5. The summed E-state index contributed by atoms with van der Waals surface area (Å²) >= 11 is 5.69. The molecule has 0 saturated heterocycles. The molecule has 0 amide bonds. The molecule has 0 unspecified atom stereocenters. The lowest BCUT2D eigenvalue weighted by Gasteiger charge is -2.04. The molecule has 78 valence electrons. The van der Waals surface area contributed by atoms with Crippen molar-refractivity contribution in [3.63, 3.8) is 0 Å². The zero-order valence-electron chi connectivity index (χ0n) is 8.52. The van der Waals surface area contributed by atoms with Gasteiger partial charge in [-0.3, -0.25) is 4.98 Å². The van der Waals surface area contributed by atoms with Gasteiger partial charge in [0.2, 0.25) is 0 Å². The zero-order chi connectivity index (χ0) is 10.7. The highest BCUT2D eigenvalue weighted by atomic mass is 35.5. The van der Waals surface area contributed by atoms with Gasteiger partial charge in [0.15, 0.2) is 0 Å². The van der Waals surface area contributed by atoms with Crippen LogP contribution in [0.1, 0.15) is 17.0 Å². The maximum atomic E-state index is 5.69. The van der Waals surface area contributed by atoms with Crippen LogP contribution in [0, 0.1) is 6.92 Å². The topological polar surface area (TPSA) is 30.7 Å². The number of aryl methyl sites for hydroxylation is 1. The molecule has 0 N–H and O–H groups in total. The molecule has 0 aliphatic heterocycles. The van der Waals surface area contributed by atoms with Gasteiger partial charge in [0.1, 0.15) is 0 Å². The Kier molecular flexibility index (Phi) is 3.02. The standard InChI is InChI=1S/C11H12ClN3/c1-9-10(3-2-4-13-9)6-15-7-11(5-12)14-8-15/h2-4,7-8H,5-6H2,1H3. The number of hydrogen-bond donors (Lipinski definition) is 0. The van der Waals surface area contributed by atoms with Crippen molar-refractivity contribution >= 4 is 11.6 Å². The fraction of sp³-hybridized carbons (Fsp3) is 0.273. The van der Waals surface area contributed by atoms with Crippen LogP contribution in [0.25, 0.3) is 0 Å². The van der Waals surface area contributed by atoms with Crippen LogP contribution in [0.15, 0.2) is 30.9 Å². The molecule has 0 bridgehead atoms. The molecule has 0 atom stereocenters. The van der Waals surface area contributed by atoms with E-state index < -0.39 is 0 Å². The number of nitrogens with zero attached hydrogens (tertiary/aromatic N) is 3. The first kappa shape index (κ1) is 10.2. The van der Waals surface area contributed by atoms with Crippen LogP contribution in [-0.2, 0) is 12.4 Å². The molecule has 0 radical (unpaired) electrons. The van der Waals surface area contributed by atoms with Gasteiger partial charge >= 0.3 is 0 Å². The molecule has 2 heterocycles. The van der Waals surface area contributed by atoms with Crippen LogP contribution in [0.3, 0.4) is 0 Å². The summed E-state index contributed by atoms with van der Waals surface area (Å²) in [6.07, 6.45) is 5.56. The Labute approximate surface area is 93.7 Å².